The molecule has 0 amide bonds. The smallest absolute Gasteiger partial charge is 0.209 e. The number of hydrogen-bond acceptors (Lipinski definition) is 5. The third kappa shape index (κ3) is 1.82. The fraction of sp³-hybridized carbons (Fsp3) is 0.222. The van der Waals surface area contributed by atoms with Gasteiger partial charge in [-0.05, 0) is 24.6 Å². The molecule has 0 aliphatic carbocycles. The first-order chi connectivity index (χ1) is 7.42. The van der Waals surface area contributed by atoms with E-state index in [1.807, 2.05) is 6.92 Å². The molecule has 1 aromatic carbocycles. The van der Waals surface area contributed by atoms with E-state index in [0.29, 0.717) is 15.6 Å². The predicted octanol–water partition coefficient (Wildman–Crippen LogP) is 0.793. The summed E-state index contributed by atoms with van der Waals surface area (Å²) in [6, 6.07) is 3.42. The lowest BCUT2D eigenvalue weighted by molar-refractivity contribution is 0.375. The first kappa shape index (κ1) is 11.5. The van der Waals surface area contributed by atoms with Crippen LogP contribution in [0.4, 0.5) is 0 Å². The van der Waals surface area contributed by atoms with Crippen LogP contribution in [0.2, 0.25) is 10.0 Å². The molecule has 0 spiro atoms. The van der Waals surface area contributed by atoms with Crippen molar-refractivity contribution in [3.63, 3.8) is 0 Å². The van der Waals surface area contributed by atoms with Crippen LogP contribution in [-0.2, 0) is 5.79 Å². The number of nitrogens with two attached hydrogens (primary N) is 2. The molecular weight excluding hydrogens is 249 g/mol. The van der Waals surface area contributed by atoms with Gasteiger partial charge in [0.2, 0.25) is 11.7 Å². The fourth-order valence-corrected chi connectivity index (χ4v) is 1.89. The fourth-order valence-electron chi connectivity index (χ4n) is 1.41. The van der Waals surface area contributed by atoms with E-state index < -0.39 is 5.79 Å². The molecule has 1 aliphatic heterocycles. The number of nitrogens with one attached hydrogen (secondary N) is 2. The van der Waals surface area contributed by atoms with Gasteiger partial charge < -0.3 is 5.73 Å². The molecule has 0 saturated carbocycles. The molecule has 5 nitrogen and oxygen atoms in total. The van der Waals surface area contributed by atoms with Gasteiger partial charge >= 0.3 is 0 Å². The molecule has 0 bridgehead atoms. The Hall–Kier alpha value is -1.01. The predicted molar refractivity (Wildman–Crippen MR) is 65.0 cm³/mol. The zero-order valence-corrected chi connectivity index (χ0v) is 10.0. The van der Waals surface area contributed by atoms with Crippen LogP contribution in [0, 0.1) is 6.92 Å². The van der Waals surface area contributed by atoms with E-state index in [1.54, 1.807) is 12.1 Å². The van der Waals surface area contributed by atoms with Crippen LogP contribution >= 0.6 is 23.2 Å². The molecule has 0 aromatic heterocycles. The number of hydrazine groups is 1. The summed E-state index contributed by atoms with van der Waals surface area (Å²) in [4.78, 5) is 4.04. The van der Waals surface area contributed by atoms with Gasteiger partial charge in [-0.25, -0.2) is 4.99 Å². The van der Waals surface area contributed by atoms with E-state index >= 15 is 0 Å². The topological polar surface area (TPSA) is 88.5 Å². The van der Waals surface area contributed by atoms with Gasteiger partial charge in [0.25, 0.3) is 0 Å². The first-order valence-electron chi connectivity index (χ1n) is 4.56. The molecule has 16 heavy (non-hydrogen) atoms. The van der Waals surface area contributed by atoms with Crippen molar-refractivity contribution in [2.45, 2.75) is 12.7 Å². The zero-order chi connectivity index (χ0) is 11.9. The largest absolute Gasteiger partial charge is 0.369 e. The van der Waals surface area contributed by atoms with Crippen LogP contribution in [0.5, 0.6) is 0 Å². The number of halogens is 2. The first-order valence-corrected chi connectivity index (χ1v) is 5.31. The van der Waals surface area contributed by atoms with Crippen molar-refractivity contribution in [1.82, 2.24) is 10.9 Å². The van der Waals surface area contributed by atoms with Gasteiger partial charge in [0.15, 0.2) is 0 Å². The van der Waals surface area contributed by atoms with Crippen molar-refractivity contribution in [3.8, 4) is 0 Å². The summed E-state index contributed by atoms with van der Waals surface area (Å²) in [5.41, 5.74) is 18.3. The average molecular weight is 260 g/mol. The quantitative estimate of drug-likeness (QED) is 0.601. The lowest BCUT2D eigenvalue weighted by Gasteiger charge is -2.21. The second-order valence-corrected chi connectivity index (χ2v) is 4.39. The Morgan fingerprint density at radius 2 is 1.88 bits per heavy atom. The van der Waals surface area contributed by atoms with E-state index in [0.717, 1.165) is 5.56 Å². The van der Waals surface area contributed by atoms with Crippen molar-refractivity contribution < 1.29 is 0 Å². The maximum Gasteiger partial charge on any atom is 0.209 e. The summed E-state index contributed by atoms with van der Waals surface area (Å²) in [6.45, 7) is 1.83. The SMILES string of the molecule is Cc1c(Cl)cc(C2(N)N=C(N)NN2)cc1Cl. The molecule has 1 unspecified atom stereocenters. The van der Waals surface area contributed by atoms with Crippen LogP contribution in [0.15, 0.2) is 17.1 Å². The number of rotatable bonds is 1. The van der Waals surface area contributed by atoms with Crippen LogP contribution < -0.4 is 22.3 Å². The van der Waals surface area contributed by atoms with Gasteiger partial charge in [-0.1, -0.05) is 23.2 Å². The van der Waals surface area contributed by atoms with E-state index in [9.17, 15) is 0 Å². The molecule has 6 N–H and O–H groups in total. The number of nitrogens with zero attached hydrogens (tertiary/aromatic N) is 1. The molecule has 2 rings (SSSR count). The third-order valence-electron chi connectivity index (χ3n) is 2.40. The van der Waals surface area contributed by atoms with Crippen molar-refractivity contribution in [2.75, 3.05) is 0 Å². The second kappa shape index (κ2) is 3.78. The summed E-state index contributed by atoms with van der Waals surface area (Å²) >= 11 is 12.1. The number of benzene rings is 1. The number of guanidine groups is 1. The van der Waals surface area contributed by atoms with Gasteiger partial charge in [0.1, 0.15) is 0 Å². The van der Waals surface area contributed by atoms with Crippen molar-refractivity contribution >= 4 is 29.2 Å². The van der Waals surface area contributed by atoms with E-state index in [4.69, 9.17) is 34.7 Å². The summed E-state index contributed by atoms with van der Waals surface area (Å²) in [5, 5.41) is 1.07. The Morgan fingerprint density at radius 1 is 1.31 bits per heavy atom. The second-order valence-electron chi connectivity index (χ2n) is 3.58. The van der Waals surface area contributed by atoms with Crippen LogP contribution in [0.1, 0.15) is 11.1 Å². The van der Waals surface area contributed by atoms with E-state index in [-0.39, 0.29) is 5.96 Å². The van der Waals surface area contributed by atoms with Gasteiger partial charge in [-0.3, -0.25) is 11.2 Å². The average Bonchev–Trinajstić information content (AvgIpc) is 2.56. The highest BCUT2D eigenvalue weighted by atomic mass is 35.5. The molecule has 0 radical (unpaired) electrons. The minimum absolute atomic E-state index is 0.218. The Balaban J connectivity index is 2.50. The number of aliphatic imine (C=N–C) groups is 1. The van der Waals surface area contributed by atoms with Gasteiger partial charge in [0, 0.05) is 15.6 Å². The normalized spacial score (nSPS) is 24.1. The van der Waals surface area contributed by atoms with Crippen molar-refractivity contribution in [3.05, 3.63) is 33.3 Å². The van der Waals surface area contributed by atoms with E-state index in [1.165, 1.54) is 0 Å². The Labute approximate surface area is 103 Å². The highest BCUT2D eigenvalue weighted by molar-refractivity contribution is 6.36. The van der Waals surface area contributed by atoms with Crippen molar-refractivity contribution in [1.29, 1.82) is 0 Å². The summed E-state index contributed by atoms with van der Waals surface area (Å²) < 4.78 is 0. The standard InChI is InChI=1S/C9H11Cl2N5/c1-4-6(10)2-5(3-7(4)11)9(13)14-8(12)15-16-9/h2-3,16H,13H2,1H3,(H3,12,14,15). The molecule has 0 saturated heterocycles. The number of hydrogen-bond donors (Lipinski definition) is 4. The van der Waals surface area contributed by atoms with Crippen LogP contribution in [0.25, 0.3) is 0 Å². The highest BCUT2D eigenvalue weighted by Crippen LogP contribution is 2.30. The Morgan fingerprint density at radius 3 is 2.31 bits per heavy atom. The minimum atomic E-state index is -1.13. The molecule has 86 valence electrons. The van der Waals surface area contributed by atoms with Crippen LogP contribution in [0.3, 0.4) is 0 Å². The molecular formula is C9H11Cl2N5. The lowest BCUT2D eigenvalue weighted by atomic mass is 10.1. The molecule has 0 fully saturated rings. The Kier molecular flexibility index (Phi) is 2.71. The monoisotopic (exact) mass is 259 g/mol. The maximum absolute atomic E-state index is 6.03. The minimum Gasteiger partial charge on any atom is -0.369 e. The summed E-state index contributed by atoms with van der Waals surface area (Å²) in [5.74, 6) is -0.916. The molecule has 1 heterocycles. The molecule has 1 aromatic rings. The van der Waals surface area contributed by atoms with E-state index in [2.05, 4.69) is 15.8 Å². The summed E-state index contributed by atoms with van der Waals surface area (Å²) in [6.07, 6.45) is 0. The van der Waals surface area contributed by atoms with Crippen LogP contribution in [-0.4, -0.2) is 5.96 Å². The maximum atomic E-state index is 6.03. The molecule has 1 aliphatic rings. The van der Waals surface area contributed by atoms with Crippen molar-refractivity contribution in [2.24, 2.45) is 16.5 Å². The van der Waals surface area contributed by atoms with Gasteiger partial charge in [-0.15, -0.1) is 0 Å². The summed E-state index contributed by atoms with van der Waals surface area (Å²) in [7, 11) is 0. The zero-order valence-electron chi connectivity index (χ0n) is 8.51. The molecule has 7 heteroatoms. The Bertz CT molecular complexity index is 450. The highest BCUT2D eigenvalue weighted by Gasteiger charge is 2.32. The van der Waals surface area contributed by atoms with Gasteiger partial charge in [-0.2, -0.15) is 5.43 Å². The molecule has 1 atom stereocenters. The third-order valence-corrected chi connectivity index (χ3v) is 3.18. The van der Waals surface area contributed by atoms with Gasteiger partial charge in [0.05, 0.1) is 0 Å². The lowest BCUT2D eigenvalue weighted by Crippen LogP contribution is -2.50.